The summed E-state index contributed by atoms with van der Waals surface area (Å²) in [5.41, 5.74) is 5.42. The first-order chi connectivity index (χ1) is 10.6. The van der Waals surface area contributed by atoms with E-state index in [0.29, 0.717) is 15.9 Å². The van der Waals surface area contributed by atoms with Crippen molar-refractivity contribution in [3.05, 3.63) is 69.8 Å². The van der Waals surface area contributed by atoms with Gasteiger partial charge in [0.1, 0.15) is 10.3 Å². The van der Waals surface area contributed by atoms with E-state index in [-0.39, 0.29) is 0 Å². The van der Waals surface area contributed by atoms with Gasteiger partial charge in [-0.3, -0.25) is 4.79 Å². The first-order valence-corrected chi connectivity index (χ1v) is 7.77. The minimum Gasteiger partial charge on any atom is -0.298 e. The molecule has 0 spiro atoms. The number of aryl methyl sites for hydroxylation is 2. The zero-order valence-corrected chi connectivity index (χ0v) is 14.0. The number of halogens is 1. The zero-order chi connectivity index (χ0) is 15.7. The summed E-state index contributed by atoms with van der Waals surface area (Å²) < 4.78 is 2.42. The summed E-state index contributed by atoms with van der Waals surface area (Å²) in [6.07, 6.45) is 0.851. The monoisotopic (exact) mass is 354 g/mol. The van der Waals surface area contributed by atoms with Crippen molar-refractivity contribution in [1.82, 2.24) is 9.78 Å². The van der Waals surface area contributed by atoms with Gasteiger partial charge < -0.3 is 0 Å². The van der Waals surface area contributed by atoms with Gasteiger partial charge in [0.25, 0.3) is 0 Å². The summed E-state index contributed by atoms with van der Waals surface area (Å²) in [6, 6.07) is 15.9. The molecule has 3 nitrogen and oxygen atoms in total. The summed E-state index contributed by atoms with van der Waals surface area (Å²) in [7, 11) is 0. The van der Waals surface area contributed by atoms with Gasteiger partial charge in [0.15, 0.2) is 6.29 Å². The molecule has 3 rings (SSSR count). The Hall–Kier alpha value is -2.20. The van der Waals surface area contributed by atoms with Crippen molar-refractivity contribution in [3.63, 3.8) is 0 Å². The van der Waals surface area contributed by atoms with Crippen LogP contribution < -0.4 is 0 Å². The van der Waals surface area contributed by atoms with Gasteiger partial charge in [0, 0.05) is 5.56 Å². The quantitative estimate of drug-likeness (QED) is 0.637. The van der Waals surface area contributed by atoms with Gasteiger partial charge in [-0.25, -0.2) is 4.68 Å². The van der Waals surface area contributed by atoms with Crippen LogP contribution in [0.1, 0.15) is 21.5 Å². The minimum atomic E-state index is 0.564. The molecule has 22 heavy (non-hydrogen) atoms. The van der Waals surface area contributed by atoms with Gasteiger partial charge in [-0.1, -0.05) is 35.4 Å². The molecule has 4 heteroatoms. The molecular formula is C18H15BrN2O. The van der Waals surface area contributed by atoms with Gasteiger partial charge >= 0.3 is 0 Å². The zero-order valence-electron chi connectivity index (χ0n) is 12.4. The van der Waals surface area contributed by atoms with Gasteiger partial charge in [0.05, 0.1) is 11.3 Å². The van der Waals surface area contributed by atoms with Gasteiger partial charge in [-0.05, 0) is 54.0 Å². The number of aromatic nitrogens is 2. The lowest BCUT2D eigenvalue weighted by Gasteiger charge is -2.03. The number of nitrogens with zero attached hydrogens (tertiary/aromatic N) is 2. The summed E-state index contributed by atoms with van der Waals surface area (Å²) in [5, 5.41) is 4.64. The Bertz CT molecular complexity index is 818. The molecule has 0 saturated carbocycles. The Kier molecular flexibility index (Phi) is 3.94. The van der Waals surface area contributed by atoms with Crippen molar-refractivity contribution < 1.29 is 4.79 Å². The predicted molar refractivity (Wildman–Crippen MR) is 91.6 cm³/mol. The second-order valence-electron chi connectivity index (χ2n) is 5.29. The summed E-state index contributed by atoms with van der Waals surface area (Å²) in [4.78, 5) is 11.6. The Balaban J connectivity index is 2.22. The van der Waals surface area contributed by atoms with Crippen LogP contribution in [0.3, 0.4) is 0 Å². The molecule has 0 N–H and O–H groups in total. The number of hydrogen-bond donors (Lipinski definition) is 0. The SMILES string of the molecule is Cc1cc(C)cc(-c2nn(-c3ccccc3)c(Br)c2C=O)c1. The van der Waals surface area contributed by atoms with Crippen molar-refractivity contribution in [3.8, 4) is 16.9 Å². The standard InChI is InChI=1S/C18H15BrN2O/c1-12-8-13(2)10-14(9-12)17-16(11-22)18(19)21(20-17)15-6-4-3-5-7-15/h3-11H,1-2H3. The fourth-order valence-electron chi connectivity index (χ4n) is 2.58. The lowest BCUT2D eigenvalue weighted by molar-refractivity contribution is 0.112. The van der Waals surface area contributed by atoms with Crippen molar-refractivity contribution in [2.45, 2.75) is 13.8 Å². The summed E-state index contributed by atoms with van der Waals surface area (Å²) in [5.74, 6) is 0. The third-order valence-corrected chi connectivity index (χ3v) is 4.24. The predicted octanol–water partition coefficient (Wildman–Crippen LogP) is 4.73. The molecule has 110 valence electrons. The Morgan fingerprint density at radius 1 is 1.05 bits per heavy atom. The lowest BCUT2D eigenvalue weighted by atomic mass is 10.0. The molecule has 0 bridgehead atoms. The van der Waals surface area contributed by atoms with E-state index in [1.165, 1.54) is 0 Å². The molecule has 1 aromatic heterocycles. The van der Waals surface area contributed by atoms with E-state index >= 15 is 0 Å². The van der Waals surface area contributed by atoms with Crippen LogP contribution in [-0.2, 0) is 0 Å². The van der Waals surface area contributed by atoms with Gasteiger partial charge in [-0.2, -0.15) is 5.10 Å². The third kappa shape index (κ3) is 2.62. The fraction of sp³-hybridized carbons (Fsp3) is 0.111. The van der Waals surface area contributed by atoms with Crippen LogP contribution >= 0.6 is 15.9 Å². The van der Waals surface area contributed by atoms with Crippen LogP contribution in [-0.4, -0.2) is 16.1 Å². The van der Waals surface area contributed by atoms with Crippen LogP contribution in [0.25, 0.3) is 16.9 Å². The van der Waals surface area contributed by atoms with Crippen molar-refractivity contribution in [2.75, 3.05) is 0 Å². The van der Waals surface area contributed by atoms with Crippen molar-refractivity contribution in [1.29, 1.82) is 0 Å². The highest BCUT2D eigenvalue weighted by Crippen LogP contribution is 2.30. The molecule has 3 aromatic rings. The Labute approximate surface area is 137 Å². The van der Waals surface area contributed by atoms with E-state index < -0.39 is 0 Å². The molecule has 0 fully saturated rings. The number of para-hydroxylation sites is 1. The average molecular weight is 355 g/mol. The number of carbonyl (C=O) groups excluding carboxylic acids is 1. The van der Waals surface area contributed by atoms with Gasteiger partial charge in [-0.15, -0.1) is 0 Å². The molecule has 2 aromatic carbocycles. The molecule has 0 aliphatic heterocycles. The van der Waals surface area contributed by atoms with E-state index in [2.05, 4.69) is 27.1 Å². The average Bonchev–Trinajstić information content (AvgIpc) is 2.84. The molecule has 1 heterocycles. The molecular weight excluding hydrogens is 340 g/mol. The van der Waals surface area contributed by atoms with Crippen molar-refractivity contribution in [2.24, 2.45) is 0 Å². The number of carbonyl (C=O) groups is 1. The topological polar surface area (TPSA) is 34.9 Å². The maximum Gasteiger partial charge on any atom is 0.155 e. The first kappa shape index (κ1) is 14.7. The van der Waals surface area contributed by atoms with Crippen LogP contribution in [0.2, 0.25) is 0 Å². The third-order valence-electron chi connectivity index (χ3n) is 3.48. The highest BCUT2D eigenvalue weighted by molar-refractivity contribution is 9.10. The van der Waals surface area contributed by atoms with Crippen LogP contribution in [0, 0.1) is 13.8 Å². The van der Waals surface area contributed by atoms with Crippen LogP contribution in [0.15, 0.2) is 53.1 Å². The Morgan fingerprint density at radius 3 is 2.27 bits per heavy atom. The molecule has 0 atom stereocenters. The molecule has 0 saturated heterocycles. The van der Waals surface area contributed by atoms with Gasteiger partial charge in [0.2, 0.25) is 0 Å². The van der Waals surface area contributed by atoms with E-state index in [1.807, 2.05) is 56.3 Å². The number of rotatable bonds is 3. The first-order valence-electron chi connectivity index (χ1n) is 6.98. The van der Waals surface area contributed by atoms with Crippen LogP contribution in [0.5, 0.6) is 0 Å². The lowest BCUT2D eigenvalue weighted by Crippen LogP contribution is -1.96. The molecule has 0 radical (unpaired) electrons. The summed E-state index contributed by atoms with van der Waals surface area (Å²) in [6.45, 7) is 4.08. The molecule has 0 aliphatic rings. The maximum absolute atomic E-state index is 11.6. The number of benzene rings is 2. The van der Waals surface area contributed by atoms with Crippen LogP contribution in [0.4, 0.5) is 0 Å². The minimum absolute atomic E-state index is 0.564. The normalized spacial score (nSPS) is 10.7. The largest absolute Gasteiger partial charge is 0.298 e. The van der Waals surface area contributed by atoms with E-state index in [9.17, 15) is 4.79 Å². The summed E-state index contributed by atoms with van der Waals surface area (Å²) >= 11 is 3.50. The Morgan fingerprint density at radius 2 is 1.68 bits per heavy atom. The van der Waals surface area contributed by atoms with Crippen molar-refractivity contribution >= 4 is 22.2 Å². The van der Waals surface area contributed by atoms with E-state index in [0.717, 1.165) is 28.7 Å². The fourth-order valence-corrected chi connectivity index (χ4v) is 3.14. The second-order valence-corrected chi connectivity index (χ2v) is 6.05. The smallest absolute Gasteiger partial charge is 0.155 e. The molecule has 0 unspecified atom stereocenters. The number of aldehydes is 1. The molecule has 0 amide bonds. The highest BCUT2D eigenvalue weighted by atomic mass is 79.9. The number of hydrogen-bond acceptors (Lipinski definition) is 2. The maximum atomic E-state index is 11.6. The second kappa shape index (κ2) is 5.89. The highest BCUT2D eigenvalue weighted by Gasteiger charge is 2.18. The van der Waals surface area contributed by atoms with E-state index in [1.54, 1.807) is 4.68 Å². The molecule has 0 aliphatic carbocycles. The van der Waals surface area contributed by atoms with E-state index in [4.69, 9.17) is 0 Å².